The minimum Gasteiger partial charge on any atom is -0.482 e. The van der Waals surface area contributed by atoms with E-state index in [1.165, 1.54) is 0 Å². The fourth-order valence-electron chi connectivity index (χ4n) is 3.12. The number of amides is 2. The zero-order valence-electron chi connectivity index (χ0n) is 15.2. The molecule has 2 N–H and O–H groups in total. The van der Waals surface area contributed by atoms with E-state index in [2.05, 4.69) is 15.3 Å². The Morgan fingerprint density at radius 1 is 1.21 bits per heavy atom. The van der Waals surface area contributed by atoms with Gasteiger partial charge in [0.15, 0.2) is 6.61 Å². The van der Waals surface area contributed by atoms with Crippen molar-refractivity contribution in [2.24, 2.45) is 0 Å². The Morgan fingerprint density at radius 2 is 2.07 bits per heavy atom. The number of carbonyl (C=O) groups is 2. The number of benzene rings is 2. The number of nitrogens with one attached hydrogen (secondary N) is 2. The molecule has 0 radical (unpaired) electrons. The number of ether oxygens (including phenoxy) is 1. The average molecular weight is 376 g/mol. The van der Waals surface area contributed by atoms with Gasteiger partial charge in [-0.2, -0.15) is 0 Å². The zero-order chi connectivity index (χ0) is 19.3. The zero-order valence-corrected chi connectivity index (χ0v) is 15.2. The van der Waals surface area contributed by atoms with Crippen molar-refractivity contribution >= 4 is 17.5 Å². The van der Waals surface area contributed by atoms with Crippen LogP contribution in [-0.2, 0) is 17.8 Å². The summed E-state index contributed by atoms with van der Waals surface area (Å²) in [4.78, 5) is 33.6. The summed E-state index contributed by atoms with van der Waals surface area (Å²) in [5.74, 6) is 0.276. The van der Waals surface area contributed by atoms with E-state index in [-0.39, 0.29) is 18.4 Å². The lowest BCUT2D eigenvalue weighted by atomic mass is 10.1. The van der Waals surface area contributed by atoms with Crippen LogP contribution in [-0.4, -0.2) is 34.9 Å². The summed E-state index contributed by atoms with van der Waals surface area (Å²) in [6.45, 7) is 0.914. The summed E-state index contributed by atoms with van der Waals surface area (Å²) >= 11 is 0. The fourth-order valence-corrected chi connectivity index (χ4v) is 3.12. The highest BCUT2D eigenvalue weighted by molar-refractivity contribution is 6.01. The van der Waals surface area contributed by atoms with Gasteiger partial charge in [-0.3, -0.25) is 9.59 Å². The molecule has 2 amide bonds. The molecule has 7 heteroatoms. The number of hydrogen-bond acceptors (Lipinski definition) is 4. The maximum atomic E-state index is 12.5. The number of aromatic nitrogens is 2. The number of nitrogens with zero attached hydrogens (tertiary/aromatic N) is 2. The minimum absolute atomic E-state index is 0.00441. The molecule has 0 unspecified atom stereocenters. The summed E-state index contributed by atoms with van der Waals surface area (Å²) in [7, 11) is 0. The quantitative estimate of drug-likeness (QED) is 0.691. The van der Waals surface area contributed by atoms with Crippen molar-refractivity contribution in [1.29, 1.82) is 0 Å². The molecule has 28 heavy (non-hydrogen) atoms. The first kappa shape index (κ1) is 17.8. The van der Waals surface area contributed by atoms with Gasteiger partial charge in [0.1, 0.15) is 5.75 Å². The monoisotopic (exact) mass is 376 g/mol. The van der Waals surface area contributed by atoms with E-state index >= 15 is 0 Å². The summed E-state index contributed by atoms with van der Waals surface area (Å²) in [6.07, 6.45) is 4.01. The van der Waals surface area contributed by atoms with E-state index in [4.69, 9.17) is 4.74 Å². The van der Waals surface area contributed by atoms with Gasteiger partial charge in [0.25, 0.3) is 11.8 Å². The van der Waals surface area contributed by atoms with Gasteiger partial charge in [-0.05, 0) is 23.8 Å². The molecule has 2 aromatic carbocycles. The van der Waals surface area contributed by atoms with Gasteiger partial charge < -0.3 is 19.9 Å². The number of fused-ring (bicyclic) bond motifs is 1. The van der Waals surface area contributed by atoms with Crippen LogP contribution in [0.5, 0.6) is 5.75 Å². The molecule has 0 bridgehead atoms. The molecule has 4 rings (SSSR count). The SMILES string of the molecule is O=C(NCCc1cnc[nH]1)c1ccc2c(c1)N(Cc1ccccc1)C(=O)CO2. The summed E-state index contributed by atoms with van der Waals surface area (Å²) in [5.41, 5.74) is 3.07. The van der Waals surface area contributed by atoms with Crippen molar-refractivity contribution in [1.82, 2.24) is 15.3 Å². The van der Waals surface area contributed by atoms with Crippen LogP contribution >= 0.6 is 0 Å². The Morgan fingerprint density at radius 3 is 2.86 bits per heavy atom. The van der Waals surface area contributed by atoms with Crippen LogP contribution in [0, 0.1) is 0 Å². The molecule has 0 saturated carbocycles. The number of rotatable bonds is 6. The van der Waals surface area contributed by atoms with Gasteiger partial charge in [0.05, 0.1) is 18.6 Å². The third-order valence-electron chi connectivity index (χ3n) is 4.58. The van der Waals surface area contributed by atoms with E-state index in [1.54, 1.807) is 35.6 Å². The van der Waals surface area contributed by atoms with E-state index in [0.717, 1.165) is 11.3 Å². The van der Waals surface area contributed by atoms with Crippen LogP contribution in [0.1, 0.15) is 21.6 Å². The second-order valence-corrected chi connectivity index (χ2v) is 6.52. The average Bonchev–Trinajstić information content (AvgIpc) is 3.24. The summed E-state index contributed by atoms with van der Waals surface area (Å²) < 4.78 is 5.53. The molecule has 142 valence electrons. The number of carbonyl (C=O) groups excluding carboxylic acids is 2. The summed E-state index contributed by atoms with van der Waals surface area (Å²) in [5, 5.41) is 2.89. The number of hydrogen-bond donors (Lipinski definition) is 2. The molecule has 2 heterocycles. The molecule has 3 aromatic rings. The van der Waals surface area contributed by atoms with Gasteiger partial charge in [0, 0.05) is 30.4 Å². The van der Waals surface area contributed by atoms with Crippen molar-refractivity contribution in [2.45, 2.75) is 13.0 Å². The highest BCUT2D eigenvalue weighted by Crippen LogP contribution is 2.34. The Kier molecular flexibility index (Phi) is 5.05. The third kappa shape index (κ3) is 3.88. The lowest BCUT2D eigenvalue weighted by molar-refractivity contribution is -0.121. The molecular weight excluding hydrogens is 356 g/mol. The largest absolute Gasteiger partial charge is 0.482 e. The molecule has 0 fully saturated rings. The number of H-pyrrole nitrogens is 1. The van der Waals surface area contributed by atoms with E-state index in [9.17, 15) is 9.59 Å². The molecule has 1 aliphatic heterocycles. The van der Waals surface area contributed by atoms with Crippen LogP contribution in [0.15, 0.2) is 61.1 Å². The molecule has 0 saturated heterocycles. The Labute approximate surface area is 162 Å². The van der Waals surface area contributed by atoms with Gasteiger partial charge in [-0.1, -0.05) is 30.3 Å². The Bertz CT molecular complexity index is 971. The second kappa shape index (κ2) is 7.96. The number of imidazole rings is 1. The second-order valence-electron chi connectivity index (χ2n) is 6.52. The molecule has 0 spiro atoms. The molecule has 1 aliphatic rings. The maximum Gasteiger partial charge on any atom is 0.265 e. The molecular formula is C21H20N4O3. The highest BCUT2D eigenvalue weighted by Gasteiger charge is 2.26. The van der Waals surface area contributed by atoms with Crippen LogP contribution < -0.4 is 15.0 Å². The predicted molar refractivity (Wildman–Crippen MR) is 104 cm³/mol. The molecule has 0 atom stereocenters. The lowest BCUT2D eigenvalue weighted by Crippen LogP contribution is -2.38. The first-order valence-corrected chi connectivity index (χ1v) is 9.07. The van der Waals surface area contributed by atoms with Crippen molar-refractivity contribution in [3.8, 4) is 5.75 Å². The van der Waals surface area contributed by atoms with Crippen molar-refractivity contribution in [2.75, 3.05) is 18.1 Å². The molecule has 1 aromatic heterocycles. The predicted octanol–water partition coefficient (Wildman–Crippen LogP) is 2.31. The van der Waals surface area contributed by atoms with Crippen LogP contribution in [0.2, 0.25) is 0 Å². The van der Waals surface area contributed by atoms with Crippen molar-refractivity contribution in [3.63, 3.8) is 0 Å². The van der Waals surface area contributed by atoms with E-state index < -0.39 is 0 Å². The smallest absolute Gasteiger partial charge is 0.265 e. The van der Waals surface area contributed by atoms with E-state index in [0.29, 0.717) is 36.5 Å². The van der Waals surface area contributed by atoms with Gasteiger partial charge in [0.2, 0.25) is 0 Å². The van der Waals surface area contributed by atoms with Gasteiger partial charge >= 0.3 is 0 Å². The van der Waals surface area contributed by atoms with Crippen LogP contribution in [0.3, 0.4) is 0 Å². The van der Waals surface area contributed by atoms with Crippen LogP contribution in [0.25, 0.3) is 0 Å². The van der Waals surface area contributed by atoms with E-state index in [1.807, 2.05) is 30.3 Å². The number of anilines is 1. The van der Waals surface area contributed by atoms with Gasteiger partial charge in [-0.25, -0.2) is 4.98 Å². The van der Waals surface area contributed by atoms with Crippen LogP contribution in [0.4, 0.5) is 5.69 Å². The topological polar surface area (TPSA) is 87.3 Å². The van der Waals surface area contributed by atoms with Crippen molar-refractivity contribution in [3.05, 3.63) is 77.9 Å². The lowest BCUT2D eigenvalue weighted by Gasteiger charge is -2.29. The normalized spacial score (nSPS) is 13.0. The Hall–Kier alpha value is -3.61. The first-order chi connectivity index (χ1) is 13.7. The molecule has 7 nitrogen and oxygen atoms in total. The van der Waals surface area contributed by atoms with Crippen molar-refractivity contribution < 1.29 is 14.3 Å². The molecule has 0 aliphatic carbocycles. The maximum absolute atomic E-state index is 12.5. The fraction of sp³-hybridized carbons (Fsp3) is 0.190. The number of aromatic amines is 1. The third-order valence-corrected chi connectivity index (χ3v) is 4.58. The Balaban J connectivity index is 1.50. The van der Waals surface area contributed by atoms with Gasteiger partial charge in [-0.15, -0.1) is 0 Å². The highest BCUT2D eigenvalue weighted by atomic mass is 16.5. The standard InChI is InChI=1S/C21H20N4O3/c26-20-13-28-19-7-6-16(21(27)23-9-8-17-11-22-14-24-17)10-18(19)25(20)12-15-4-2-1-3-5-15/h1-7,10-11,14H,8-9,12-13H2,(H,22,24)(H,23,27). The summed E-state index contributed by atoms with van der Waals surface area (Å²) in [6, 6.07) is 14.9. The first-order valence-electron chi connectivity index (χ1n) is 9.07. The minimum atomic E-state index is -0.194.